The molecule has 0 aliphatic rings. The Morgan fingerprint density at radius 2 is 1.83 bits per heavy atom. The maximum atomic E-state index is 11.9. The highest BCUT2D eigenvalue weighted by Crippen LogP contribution is 2.10. The van der Waals surface area contributed by atoms with E-state index in [9.17, 15) is 14.4 Å². The topological polar surface area (TPSA) is 86.7 Å². The predicted octanol–water partition coefficient (Wildman–Crippen LogP) is 1.85. The van der Waals surface area contributed by atoms with Gasteiger partial charge in [-0.05, 0) is 19.1 Å². The quantitative estimate of drug-likeness (QED) is 0.755. The molecule has 0 fully saturated rings. The number of aliphatic carboxylic acids is 1. The van der Waals surface area contributed by atoms with Crippen molar-refractivity contribution in [2.75, 3.05) is 30.4 Å². The molecular formula is C16H22N2O4S. The smallest absolute Gasteiger partial charge is 0.308 e. The molecule has 0 saturated carbocycles. The summed E-state index contributed by atoms with van der Waals surface area (Å²) in [7, 11) is 1.56. The fourth-order valence-electron chi connectivity index (χ4n) is 1.77. The monoisotopic (exact) mass is 338 g/mol. The number of anilines is 1. The van der Waals surface area contributed by atoms with Gasteiger partial charge in [0.1, 0.15) is 0 Å². The highest BCUT2D eigenvalue weighted by Gasteiger charge is 2.17. The molecule has 0 aliphatic carbocycles. The minimum Gasteiger partial charge on any atom is -0.481 e. The van der Waals surface area contributed by atoms with Gasteiger partial charge < -0.3 is 15.3 Å². The zero-order valence-corrected chi connectivity index (χ0v) is 14.4. The van der Waals surface area contributed by atoms with Crippen molar-refractivity contribution in [3.8, 4) is 0 Å². The molecule has 0 saturated heterocycles. The summed E-state index contributed by atoms with van der Waals surface area (Å²) in [6.45, 7) is 3.67. The second kappa shape index (κ2) is 9.19. The number of carbonyl (C=O) groups excluding carboxylic acids is 2. The Balaban J connectivity index is 2.29. The number of carboxylic acids is 1. The maximum absolute atomic E-state index is 11.9. The van der Waals surface area contributed by atoms with Crippen molar-refractivity contribution in [2.45, 2.75) is 13.8 Å². The predicted molar refractivity (Wildman–Crippen MR) is 91.6 cm³/mol. The third-order valence-electron chi connectivity index (χ3n) is 3.19. The van der Waals surface area contributed by atoms with Crippen molar-refractivity contribution < 1.29 is 19.5 Å². The number of nitrogens with zero attached hydrogens (tertiary/aromatic N) is 1. The molecule has 7 heteroatoms. The van der Waals surface area contributed by atoms with Crippen LogP contribution in [-0.2, 0) is 14.4 Å². The van der Waals surface area contributed by atoms with Crippen molar-refractivity contribution in [3.05, 3.63) is 29.8 Å². The standard InChI is InChI=1S/C16H22N2O4S/c1-11-4-6-13(7-5-11)17-14(19)9-23-10-15(20)18(3)8-12(2)16(21)22/h4-7,12H,8-10H2,1-3H3,(H,17,19)(H,21,22). The Morgan fingerprint density at radius 3 is 2.39 bits per heavy atom. The molecule has 1 aromatic carbocycles. The SMILES string of the molecule is Cc1ccc(NC(=O)CSCC(=O)N(C)CC(C)C(=O)O)cc1. The molecule has 126 valence electrons. The molecule has 6 nitrogen and oxygen atoms in total. The summed E-state index contributed by atoms with van der Waals surface area (Å²) in [6, 6.07) is 7.46. The second-order valence-electron chi connectivity index (χ2n) is 5.42. The molecule has 1 rings (SSSR count). The normalized spacial score (nSPS) is 11.6. The van der Waals surface area contributed by atoms with Gasteiger partial charge in [-0.15, -0.1) is 11.8 Å². The third kappa shape index (κ3) is 7.19. The van der Waals surface area contributed by atoms with Crippen molar-refractivity contribution in [3.63, 3.8) is 0 Å². The third-order valence-corrected chi connectivity index (χ3v) is 4.11. The minimum atomic E-state index is -0.935. The molecule has 1 atom stereocenters. The lowest BCUT2D eigenvalue weighted by molar-refractivity contribution is -0.142. The Morgan fingerprint density at radius 1 is 1.22 bits per heavy atom. The van der Waals surface area contributed by atoms with Gasteiger partial charge in [0.25, 0.3) is 0 Å². The molecule has 0 aliphatic heterocycles. The largest absolute Gasteiger partial charge is 0.481 e. The average Bonchev–Trinajstić information content (AvgIpc) is 2.49. The lowest BCUT2D eigenvalue weighted by atomic mass is 10.2. The van der Waals surface area contributed by atoms with Crippen LogP contribution in [0.4, 0.5) is 5.69 Å². The van der Waals surface area contributed by atoms with Gasteiger partial charge in [-0.2, -0.15) is 0 Å². The van der Waals surface area contributed by atoms with Gasteiger partial charge in [0.2, 0.25) is 11.8 Å². The number of thioether (sulfide) groups is 1. The van der Waals surface area contributed by atoms with E-state index in [-0.39, 0.29) is 29.9 Å². The maximum Gasteiger partial charge on any atom is 0.308 e. The Kier molecular flexibility index (Phi) is 7.61. The van der Waals surface area contributed by atoms with Gasteiger partial charge in [0.05, 0.1) is 17.4 Å². The van der Waals surface area contributed by atoms with Crippen LogP contribution in [0.25, 0.3) is 0 Å². The van der Waals surface area contributed by atoms with E-state index in [4.69, 9.17) is 5.11 Å². The fourth-order valence-corrected chi connectivity index (χ4v) is 2.52. The Labute approximate surface area is 140 Å². The molecule has 0 bridgehead atoms. The van der Waals surface area contributed by atoms with Crippen LogP contribution in [0.15, 0.2) is 24.3 Å². The Bertz CT molecular complexity index is 560. The van der Waals surface area contributed by atoms with Crippen molar-refractivity contribution in [1.29, 1.82) is 0 Å². The molecule has 0 heterocycles. The summed E-state index contributed by atoms with van der Waals surface area (Å²) in [4.78, 5) is 35.8. The van der Waals surface area contributed by atoms with Crippen LogP contribution in [0.5, 0.6) is 0 Å². The first kappa shape index (κ1) is 19.0. The van der Waals surface area contributed by atoms with E-state index in [0.29, 0.717) is 0 Å². The Hall–Kier alpha value is -2.02. The number of carbonyl (C=O) groups is 3. The summed E-state index contributed by atoms with van der Waals surface area (Å²) in [5.74, 6) is -1.60. The molecule has 2 amide bonds. The van der Waals surface area contributed by atoms with E-state index in [1.54, 1.807) is 14.0 Å². The highest BCUT2D eigenvalue weighted by molar-refractivity contribution is 8.00. The van der Waals surface area contributed by atoms with Gasteiger partial charge >= 0.3 is 5.97 Å². The van der Waals surface area contributed by atoms with Crippen LogP contribution in [0.3, 0.4) is 0 Å². The molecule has 1 aromatic rings. The number of rotatable bonds is 8. The van der Waals surface area contributed by atoms with Crippen LogP contribution < -0.4 is 5.32 Å². The van der Waals surface area contributed by atoms with E-state index < -0.39 is 11.9 Å². The fraction of sp³-hybridized carbons (Fsp3) is 0.438. The molecule has 0 radical (unpaired) electrons. The molecule has 0 aromatic heterocycles. The summed E-state index contributed by atoms with van der Waals surface area (Å²) >= 11 is 1.20. The number of carboxylic acid groups (broad SMARTS) is 1. The van der Waals surface area contributed by atoms with Crippen LogP contribution in [0.2, 0.25) is 0 Å². The zero-order chi connectivity index (χ0) is 17.4. The first-order valence-electron chi connectivity index (χ1n) is 7.20. The number of nitrogens with one attached hydrogen (secondary N) is 1. The summed E-state index contributed by atoms with van der Waals surface area (Å²) < 4.78 is 0. The van der Waals surface area contributed by atoms with Crippen molar-refractivity contribution in [1.82, 2.24) is 4.90 Å². The first-order chi connectivity index (χ1) is 10.8. The van der Waals surface area contributed by atoms with Crippen molar-refractivity contribution >= 4 is 35.2 Å². The van der Waals surface area contributed by atoms with Gasteiger partial charge in [-0.1, -0.05) is 24.6 Å². The van der Waals surface area contributed by atoms with E-state index in [2.05, 4.69) is 5.32 Å². The minimum absolute atomic E-state index is 0.143. The molecular weight excluding hydrogens is 316 g/mol. The number of amides is 2. The lowest BCUT2D eigenvalue weighted by Crippen LogP contribution is -2.35. The lowest BCUT2D eigenvalue weighted by Gasteiger charge is -2.19. The number of hydrogen-bond donors (Lipinski definition) is 2. The van der Waals surface area contributed by atoms with Gasteiger partial charge in [0.15, 0.2) is 0 Å². The van der Waals surface area contributed by atoms with Crippen molar-refractivity contribution in [2.24, 2.45) is 5.92 Å². The zero-order valence-electron chi connectivity index (χ0n) is 13.5. The molecule has 1 unspecified atom stereocenters. The number of aryl methyl sites for hydroxylation is 1. The second-order valence-corrected chi connectivity index (χ2v) is 6.41. The van der Waals surface area contributed by atoms with Crippen LogP contribution in [0.1, 0.15) is 12.5 Å². The highest BCUT2D eigenvalue weighted by atomic mass is 32.2. The number of hydrogen-bond acceptors (Lipinski definition) is 4. The van der Waals surface area contributed by atoms with E-state index >= 15 is 0 Å². The van der Waals surface area contributed by atoms with E-state index in [1.807, 2.05) is 31.2 Å². The van der Waals surface area contributed by atoms with E-state index in [0.717, 1.165) is 11.3 Å². The molecule has 0 spiro atoms. The van der Waals surface area contributed by atoms with E-state index in [1.165, 1.54) is 16.7 Å². The van der Waals surface area contributed by atoms with Crippen LogP contribution in [-0.4, -0.2) is 52.9 Å². The van der Waals surface area contributed by atoms with Gasteiger partial charge in [-0.25, -0.2) is 0 Å². The summed E-state index contributed by atoms with van der Waals surface area (Å²) in [6.07, 6.45) is 0. The van der Waals surface area contributed by atoms with Gasteiger partial charge in [0, 0.05) is 19.3 Å². The van der Waals surface area contributed by atoms with Gasteiger partial charge in [-0.3, -0.25) is 14.4 Å². The first-order valence-corrected chi connectivity index (χ1v) is 8.36. The van der Waals surface area contributed by atoms with Crippen LogP contribution in [0, 0.1) is 12.8 Å². The summed E-state index contributed by atoms with van der Waals surface area (Å²) in [5, 5.41) is 11.6. The van der Waals surface area contributed by atoms with Crippen LogP contribution >= 0.6 is 11.8 Å². The number of benzene rings is 1. The molecule has 2 N–H and O–H groups in total. The molecule has 23 heavy (non-hydrogen) atoms. The summed E-state index contributed by atoms with van der Waals surface area (Å²) in [5.41, 5.74) is 1.83. The average molecular weight is 338 g/mol.